The molecule has 0 bridgehead atoms. The van der Waals surface area contributed by atoms with Gasteiger partial charge in [-0.25, -0.2) is 0 Å². The van der Waals surface area contributed by atoms with Gasteiger partial charge in [0.05, 0.1) is 0 Å². The van der Waals surface area contributed by atoms with Crippen molar-refractivity contribution in [2.75, 3.05) is 20.1 Å². The van der Waals surface area contributed by atoms with Crippen LogP contribution in [0.1, 0.15) is 37.7 Å². The van der Waals surface area contributed by atoms with E-state index in [0.29, 0.717) is 6.04 Å². The van der Waals surface area contributed by atoms with Crippen molar-refractivity contribution in [3.63, 3.8) is 0 Å². The summed E-state index contributed by atoms with van der Waals surface area (Å²) in [6, 6.07) is 3.54. The van der Waals surface area contributed by atoms with E-state index in [1.165, 1.54) is 50.8 Å². The van der Waals surface area contributed by atoms with Crippen molar-refractivity contribution in [3.8, 4) is 0 Å². The third-order valence-electron chi connectivity index (χ3n) is 4.67. The highest BCUT2D eigenvalue weighted by Crippen LogP contribution is 2.26. The molecule has 6 heteroatoms. The van der Waals surface area contributed by atoms with E-state index in [2.05, 4.69) is 37.4 Å². The molecule has 0 spiro atoms. The van der Waals surface area contributed by atoms with Crippen LogP contribution in [0, 0.1) is 0 Å². The zero-order valence-corrected chi connectivity index (χ0v) is 16.4. The Bertz CT molecular complexity index is 457. The number of halogens is 1. The average Bonchev–Trinajstić information content (AvgIpc) is 3.24. The summed E-state index contributed by atoms with van der Waals surface area (Å²) in [6.45, 7) is 3.26. The predicted molar refractivity (Wildman–Crippen MR) is 105 cm³/mol. The van der Waals surface area contributed by atoms with Crippen molar-refractivity contribution in [3.05, 3.63) is 22.4 Å². The van der Waals surface area contributed by atoms with Gasteiger partial charge >= 0.3 is 0 Å². The lowest BCUT2D eigenvalue weighted by atomic mass is 10.2. The summed E-state index contributed by atoms with van der Waals surface area (Å²) in [7, 11) is 1.85. The molecule has 1 aromatic rings. The molecular weight excluding hydrogens is 407 g/mol. The Labute approximate surface area is 154 Å². The fraction of sp³-hybridized carbons (Fsp3) is 0.688. The van der Waals surface area contributed by atoms with E-state index in [4.69, 9.17) is 0 Å². The van der Waals surface area contributed by atoms with E-state index < -0.39 is 0 Å². The number of aliphatic imine (C=N–C) groups is 1. The topological polar surface area (TPSA) is 39.7 Å². The van der Waals surface area contributed by atoms with Crippen LogP contribution in [0.5, 0.6) is 0 Å². The molecular formula is C16H27IN4S. The van der Waals surface area contributed by atoms with Gasteiger partial charge in [0.1, 0.15) is 0 Å². The Morgan fingerprint density at radius 3 is 2.86 bits per heavy atom. The van der Waals surface area contributed by atoms with Crippen LogP contribution in [0.2, 0.25) is 0 Å². The number of likely N-dealkylation sites (tertiary alicyclic amines) is 1. The molecule has 2 fully saturated rings. The van der Waals surface area contributed by atoms with Crippen LogP contribution in [0.25, 0.3) is 0 Å². The second-order valence-corrected chi connectivity index (χ2v) is 6.90. The predicted octanol–water partition coefficient (Wildman–Crippen LogP) is 3.05. The highest BCUT2D eigenvalue weighted by molar-refractivity contribution is 14.0. The molecule has 0 radical (unpaired) electrons. The smallest absolute Gasteiger partial charge is 0.191 e. The van der Waals surface area contributed by atoms with Crippen LogP contribution in [0.15, 0.2) is 21.8 Å². The summed E-state index contributed by atoms with van der Waals surface area (Å²) in [6.07, 6.45) is 6.87. The molecule has 1 atom stereocenters. The highest BCUT2D eigenvalue weighted by atomic mass is 127. The van der Waals surface area contributed by atoms with Crippen LogP contribution >= 0.6 is 35.3 Å². The molecule has 1 unspecified atom stereocenters. The van der Waals surface area contributed by atoms with Crippen molar-refractivity contribution < 1.29 is 0 Å². The lowest BCUT2D eigenvalue weighted by Crippen LogP contribution is -2.45. The third kappa shape index (κ3) is 4.83. The van der Waals surface area contributed by atoms with Gasteiger partial charge < -0.3 is 10.6 Å². The average molecular weight is 434 g/mol. The van der Waals surface area contributed by atoms with E-state index in [-0.39, 0.29) is 24.0 Å². The lowest BCUT2D eigenvalue weighted by molar-refractivity contribution is 0.242. The molecule has 1 aromatic heterocycles. The molecule has 2 N–H and O–H groups in total. The van der Waals surface area contributed by atoms with Crippen LogP contribution in [-0.4, -0.2) is 43.1 Å². The standard InChI is InChI=1S/C16H26N4S.HI/c1-17-16(18-10-13-7-9-21-12-13)19-14-6-8-20(11-14)15-4-2-3-5-15;/h7,9,12,14-15H,2-6,8,10-11H2,1H3,(H2,17,18,19);1H. The number of hydrogen-bond acceptors (Lipinski definition) is 3. The van der Waals surface area contributed by atoms with Gasteiger partial charge in [-0.05, 0) is 41.7 Å². The summed E-state index contributed by atoms with van der Waals surface area (Å²) < 4.78 is 0. The Morgan fingerprint density at radius 2 is 2.18 bits per heavy atom. The van der Waals surface area contributed by atoms with E-state index in [0.717, 1.165) is 18.5 Å². The van der Waals surface area contributed by atoms with Crippen molar-refractivity contribution in [1.29, 1.82) is 0 Å². The summed E-state index contributed by atoms with van der Waals surface area (Å²) in [5, 5.41) is 11.3. The van der Waals surface area contributed by atoms with Crippen LogP contribution in [0.3, 0.4) is 0 Å². The molecule has 0 amide bonds. The molecule has 4 nitrogen and oxygen atoms in total. The second kappa shape index (κ2) is 9.08. The zero-order valence-electron chi connectivity index (χ0n) is 13.3. The van der Waals surface area contributed by atoms with Crippen LogP contribution in [0.4, 0.5) is 0 Å². The van der Waals surface area contributed by atoms with Gasteiger partial charge in [-0.2, -0.15) is 11.3 Å². The number of guanidine groups is 1. The molecule has 2 heterocycles. The number of thiophene rings is 1. The first kappa shape index (κ1) is 18.0. The molecule has 1 aliphatic carbocycles. The maximum atomic E-state index is 4.35. The summed E-state index contributed by atoms with van der Waals surface area (Å²) >= 11 is 1.74. The minimum absolute atomic E-state index is 0. The van der Waals surface area contributed by atoms with Gasteiger partial charge in [-0.1, -0.05) is 12.8 Å². The maximum Gasteiger partial charge on any atom is 0.191 e. The third-order valence-corrected chi connectivity index (χ3v) is 5.40. The van der Waals surface area contributed by atoms with Crippen molar-refractivity contribution in [2.45, 2.75) is 50.7 Å². The molecule has 1 saturated carbocycles. The van der Waals surface area contributed by atoms with E-state index in [1.54, 1.807) is 11.3 Å². The molecule has 2 aliphatic rings. The van der Waals surface area contributed by atoms with Gasteiger partial charge in [-0.3, -0.25) is 9.89 Å². The molecule has 3 rings (SSSR count). The summed E-state index contributed by atoms with van der Waals surface area (Å²) in [5.41, 5.74) is 1.32. The zero-order chi connectivity index (χ0) is 14.5. The number of hydrogen-bond donors (Lipinski definition) is 2. The fourth-order valence-electron chi connectivity index (χ4n) is 3.47. The first-order valence-corrected chi connectivity index (χ1v) is 9.02. The summed E-state index contributed by atoms with van der Waals surface area (Å²) in [5.74, 6) is 0.930. The minimum Gasteiger partial charge on any atom is -0.352 e. The first-order valence-electron chi connectivity index (χ1n) is 8.07. The minimum atomic E-state index is 0. The second-order valence-electron chi connectivity index (χ2n) is 6.12. The van der Waals surface area contributed by atoms with Gasteiger partial charge in [0.2, 0.25) is 0 Å². The highest BCUT2D eigenvalue weighted by Gasteiger charge is 2.30. The Kier molecular flexibility index (Phi) is 7.43. The van der Waals surface area contributed by atoms with E-state index in [9.17, 15) is 0 Å². The summed E-state index contributed by atoms with van der Waals surface area (Å²) in [4.78, 5) is 7.03. The largest absolute Gasteiger partial charge is 0.352 e. The van der Waals surface area contributed by atoms with Crippen molar-refractivity contribution in [1.82, 2.24) is 15.5 Å². The number of nitrogens with zero attached hydrogens (tertiary/aromatic N) is 2. The van der Waals surface area contributed by atoms with Gasteiger partial charge in [-0.15, -0.1) is 24.0 Å². The Balaban J connectivity index is 0.00000176. The van der Waals surface area contributed by atoms with E-state index in [1.807, 2.05) is 7.05 Å². The van der Waals surface area contributed by atoms with Crippen molar-refractivity contribution in [2.24, 2.45) is 4.99 Å². The number of rotatable bonds is 4. The fourth-order valence-corrected chi connectivity index (χ4v) is 4.14. The van der Waals surface area contributed by atoms with Crippen LogP contribution in [-0.2, 0) is 6.54 Å². The molecule has 0 aromatic carbocycles. The Hall–Kier alpha value is -0.340. The molecule has 1 aliphatic heterocycles. The molecule has 124 valence electrons. The normalized spacial score (nSPS) is 23.5. The lowest BCUT2D eigenvalue weighted by Gasteiger charge is -2.24. The molecule has 1 saturated heterocycles. The first-order chi connectivity index (χ1) is 10.3. The molecule has 22 heavy (non-hydrogen) atoms. The van der Waals surface area contributed by atoms with Gasteiger partial charge in [0, 0.05) is 38.8 Å². The van der Waals surface area contributed by atoms with Gasteiger partial charge in [0.15, 0.2) is 5.96 Å². The number of nitrogens with one attached hydrogen (secondary N) is 2. The SMILES string of the molecule is CN=C(NCc1ccsc1)NC1CCN(C2CCCC2)C1.I. The van der Waals surface area contributed by atoms with Gasteiger partial charge in [0.25, 0.3) is 0 Å². The monoisotopic (exact) mass is 434 g/mol. The Morgan fingerprint density at radius 1 is 1.36 bits per heavy atom. The van der Waals surface area contributed by atoms with E-state index >= 15 is 0 Å². The maximum absolute atomic E-state index is 4.35. The van der Waals surface area contributed by atoms with Crippen LogP contribution < -0.4 is 10.6 Å². The quantitative estimate of drug-likeness (QED) is 0.435. The van der Waals surface area contributed by atoms with Crippen molar-refractivity contribution >= 4 is 41.3 Å².